The number of aliphatic hydroxyl groups excluding tert-OH is 1. The molecule has 0 heterocycles. The van der Waals surface area contributed by atoms with Gasteiger partial charge in [-0.05, 0) is 47.1 Å². The lowest BCUT2D eigenvalue weighted by molar-refractivity contribution is 0.158. The van der Waals surface area contributed by atoms with Crippen molar-refractivity contribution in [3.8, 4) is 0 Å². The number of likely N-dealkylation sites (N-methyl/N-ethyl adjacent to an activating group) is 2. The normalized spacial score (nSPS) is 12.5. The van der Waals surface area contributed by atoms with Crippen LogP contribution in [0.5, 0.6) is 0 Å². The van der Waals surface area contributed by atoms with Crippen LogP contribution in [0, 0.1) is 0 Å². The molecule has 0 rings (SSSR count). The number of nitrogens with zero attached hydrogens (tertiary/aromatic N) is 2. The minimum atomic E-state index is 0.0610. The summed E-state index contributed by atoms with van der Waals surface area (Å²) in [6.07, 6.45) is 0. The van der Waals surface area contributed by atoms with Crippen molar-refractivity contribution < 1.29 is 5.11 Å². The Morgan fingerprint density at radius 1 is 1.21 bits per heavy atom. The third-order valence-corrected chi connectivity index (χ3v) is 2.50. The third-order valence-electron chi connectivity index (χ3n) is 2.37. The van der Waals surface area contributed by atoms with Gasteiger partial charge in [-0.15, -0.1) is 0 Å². The van der Waals surface area contributed by atoms with Crippen LogP contribution in [0.2, 0.25) is 0 Å². The zero-order chi connectivity index (χ0) is 11.4. The molecule has 0 unspecified atom stereocenters. The van der Waals surface area contributed by atoms with E-state index in [0.717, 1.165) is 13.1 Å². The third kappa shape index (κ3) is 6.29. The average molecular weight is 218 g/mol. The number of rotatable bonds is 5. The fraction of sp³-hybridized carbons (Fsp3) is 0.900. The van der Waals surface area contributed by atoms with Crippen molar-refractivity contribution in [2.24, 2.45) is 0 Å². The maximum atomic E-state index is 8.92. The second-order valence-corrected chi connectivity index (χ2v) is 5.20. The van der Waals surface area contributed by atoms with Crippen molar-refractivity contribution in [2.45, 2.75) is 26.3 Å². The molecular weight excluding hydrogens is 196 g/mol. The molecule has 0 saturated carbocycles. The van der Waals surface area contributed by atoms with E-state index < -0.39 is 0 Å². The first-order valence-electron chi connectivity index (χ1n) is 4.85. The highest BCUT2D eigenvalue weighted by atomic mass is 32.1. The van der Waals surface area contributed by atoms with Crippen molar-refractivity contribution in [3.63, 3.8) is 0 Å². The second-order valence-electron chi connectivity index (χ2n) is 4.72. The van der Waals surface area contributed by atoms with E-state index in [4.69, 9.17) is 5.11 Å². The van der Waals surface area contributed by atoms with Crippen molar-refractivity contribution in [3.05, 3.63) is 0 Å². The maximum Gasteiger partial charge on any atom is 0.170 e. The quantitative estimate of drug-likeness (QED) is 0.708. The predicted octanol–water partition coefficient (Wildman–Crippen LogP) is 1.53. The van der Waals surface area contributed by atoms with E-state index in [1.54, 1.807) is 0 Å². The van der Waals surface area contributed by atoms with Gasteiger partial charge in [0.15, 0.2) is 5.05 Å². The molecule has 3 nitrogen and oxygen atoms in total. The standard InChI is InChI=1S/C10H22N2OS/c1-10(2,3)12(5)7-6-11(4)8-9(13)14/h6-8H2,1-5H3,(H,13,14). The largest absolute Gasteiger partial charge is 0.501 e. The van der Waals surface area contributed by atoms with Crippen LogP contribution in [0.25, 0.3) is 0 Å². The van der Waals surface area contributed by atoms with E-state index in [-0.39, 0.29) is 10.6 Å². The zero-order valence-corrected chi connectivity index (χ0v) is 10.7. The molecule has 0 atom stereocenters. The molecule has 0 aromatic rings. The molecule has 14 heavy (non-hydrogen) atoms. The Kier molecular flexibility index (Phi) is 5.56. The average Bonchev–Trinajstić information content (AvgIpc) is 1.96. The summed E-state index contributed by atoms with van der Waals surface area (Å²) in [7, 11) is 4.06. The van der Waals surface area contributed by atoms with Crippen LogP contribution in [-0.2, 0) is 0 Å². The van der Waals surface area contributed by atoms with E-state index in [9.17, 15) is 0 Å². The van der Waals surface area contributed by atoms with E-state index in [1.165, 1.54) is 0 Å². The van der Waals surface area contributed by atoms with Crippen LogP contribution in [-0.4, -0.2) is 59.2 Å². The van der Waals surface area contributed by atoms with Crippen molar-refractivity contribution in [1.82, 2.24) is 9.80 Å². The summed E-state index contributed by atoms with van der Waals surface area (Å²) >= 11 is 4.63. The van der Waals surface area contributed by atoms with Gasteiger partial charge in [-0.25, -0.2) is 0 Å². The van der Waals surface area contributed by atoms with Gasteiger partial charge in [-0.2, -0.15) is 0 Å². The van der Waals surface area contributed by atoms with Crippen LogP contribution in [0.3, 0.4) is 0 Å². The molecule has 0 aliphatic rings. The van der Waals surface area contributed by atoms with Crippen molar-refractivity contribution >= 4 is 17.3 Å². The van der Waals surface area contributed by atoms with Gasteiger partial charge in [0.2, 0.25) is 0 Å². The highest BCUT2D eigenvalue weighted by Crippen LogP contribution is 2.09. The molecule has 0 aromatic heterocycles. The Labute approximate surface area is 92.7 Å². The molecule has 4 heteroatoms. The Morgan fingerprint density at radius 3 is 2.07 bits per heavy atom. The van der Waals surface area contributed by atoms with Crippen LogP contribution in [0.4, 0.5) is 0 Å². The molecule has 84 valence electrons. The fourth-order valence-corrected chi connectivity index (χ4v) is 1.19. The van der Waals surface area contributed by atoms with E-state index in [0.29, 0.717) is 6.54 Å². The summed E-state index contributed by atoms with van der Waals surface area (Å²) < 4.78 is 0. The van der Waals surface area contributed by atoms with Gasteiger partial charge in [0.05, 0.1) is 6.54 Å². The molecular formula is C10H22N2OS. The molecule has 1 N–H and O–H groups in total. The summed E-state index contributed by atoms with van der Waals surface area (Å²) in [5, 5.41) is 8.99. The van der Waals surface area contributed by atoms with Gasteiger partial charge in [-0.3, -0.25) is 4.90 Å². The Balaban J connectivity index is 3.77. The Hall–Kier alpha value is -0.190. The van der Waals surface area contributed by atoms with Crippen molar-refractivity contribution in [1.29, 1.82) is 0 Å². The van der Waals surface area contributed by atoms with Gasteiger partial charge in [0, 0.05) is 18.6 Å². The van der Waals surface area contributed by atoms with Crippen LogP contribution < -0.4 is 0 Å². The number of hydrogen-bond donors (Lipinski definition) is 1. The monoisotopic (exact) mass is 218 g/mol. The summed E-state index contributed by atoms with van der Waals surface area (Å²) in [4.78, 5) is 4.30. The minimum Gasteiger partial charge on any atom is -0.501 e. The maximum absolute atomic E-state index is 8.92. The van der Waals surface area contributed by atoms with Gasteiger partial charge < -0.3 is 10.0 Å². The summed E-state index contributed by atoms with van der Waals surface area (Å²) in [6.45, 7) is 8.92. The molecule has 0 aromatic carbocycles. The molecule has 0 aliphatic carbocycles. The lowest BCUT2D eigenvalue weighted by Crippen LogP contribution is -2.42. The number of thiocarbonyl (C=S) groups is 1. The lowest BCUT2D eigenvalue weighted by Gasteiger charge is -2.33. The molecule has 0 amide bonds. The SMILES string of the molecule is CN(CCN(C)C(C)(C)C)CC(O)=S. The van der Waals surface area contributed by atoms with Crippen LogP contribution in [0.1, 0.15) is 20.8 Å². The smallest absolute Gasteiger partial charge is 0.170 e. The van der Waals surface area contributed by atoms with Crippen molar-refractivity contribution in [2.75, 3.05) is 33.7 Å². The highest BCUT2D eigenvalue weighted by molar-refractivity contribution is 7.80. The molecule has 0 fully saturated rings. The molecule has 0 aliphatic heterocycles. The van der Waals surface area contributed by atoms with E-state index in [1.807, 2.05) is 11.9 Å². The van der Waals surface area contributed by atoms with Crippen LogP contribution in [0.15, 0.2) is 0 Å². The first kappa shape index (κ1) is 13.8. The summed E-state index contributed by atoms with van der Waals surface area (Å²) in [6, 6.07) is 0. The molecule has 0 bridgehead atoms. The van der Waals surface area contributed by atoms with E-state index in [2.05, 4.69) is 44.9 Å². The number of aliphatic hydroxyl groups is 1. The second kappa shape index (κ2) is 5.63. The zero-order valence-electron chi connectivity index (χ0n) is 9.87. The Morgan fingerprint density at radius 2 is 1.71 bits per heavy atom. The van der Waals surface area contributed by atoms with Gasteiger partial charge in [0.25, 0.3) is 0 Å². The molecule has 0 radical (unpaired) electrons. The first-order valence-corrected chi connectivity index (χ1v) is 5.26. The first-order chi connectivity index (χ1) is 6.23. The molecule has 0 saturated heterocycles. The highest BCUT2D eigenvalue weighted by Gasteiger charge is 2.16. The predicted molar refractivity (Wildman–Crippen MR) is 65.1 cm³/mol. The van der Waals surface area contributed by atoms with Gasteiger partial charge in [-0.1, -0.05) is 0 Å². The Bertz CT molecular complexity index is 189. The fourth-order valence-electron chi connectivity index (χ4n) is 0.966. The topological polar surface area (TPSA) is 26.7 Å². The summed E-state index contributed by atoms with van der Waals surface area (Å²) in [5.74, 6) is 0. The summed E-state index contributed by atoms with van der Waals surface area (Å²) in [5.41, 5.74) is 0.195. The minimum absolute atomic E-state index is 0.0610. The molecule has 0 spiro atoms. The van der Waals surface area contributed by atoms with Gasteiger partial charge >= 0.3 is 0 Å². The number of hydrogen-bond acceptors (Lipinski definition) is 3. The van der Waals surface area contributed by atoms with Crippen LogP contribution >= 0.6 is 12.2 Å². The lowest BCUT2D eigenvalue weighted by atomic mass is 10.1. The van der Waals surface area contributed by atoms with Gasteiger partial charge in [0.1, 0.15) is 0 Å². The van der Waals surface area contributed by atoms with E-state index >= 15 is 0 Å².